The van der Waals surface area contributed by atoms with E-state index in [1.54, 1.807) is 33.3 Å². The quantitative estimate of drug-likeness (QED) is 0.119. The Balaban J connectivity index is 0.997. The number of alkyl halides is 6. The molecule has 54 heavy (non-hydrogen) atoms. The molecule has 0 amide bonds. The topological polar surface area (TPSA) is 131 Å². The molecule has 8 rings (SSSR count). The van der Waals surface area contributed by atoms with E-state index in [1.165, 1.54) is 24.3 Å². The summed E-state index contributed by atoms with van der Waals surface area (Å²) in [5.41, 5.74) is 0.197. The molecule has 2 fully saturated rings. The molecule has 0 bridgehead atoms. The smallest absolute Gasteiger partial charge is 0.388 e. The molecule has 2 saturated heterocycles. The van der Waals surface area contributed by atoms with Gasteiger partial charge in [0.05, 0.1) is 23.2 Å². The minimum Gasteiger partial charge on any atom is -0.388 e. The number of pyridine rings is 2. The number of hydrogen-bond donors (Lipinski definition) is 4. The van der Waals surface area contributed by atoms with Gasteiger partial charge in [-0.2, -0.15) is 45.3 Å². The average Bonchev–Trinajstić information content (AvgIpc) is 3.96. The van der Waals surface area contributed by atoms with Gasteiger partial charge in [-0.15, -0.1) is 10.2 Å². The molecule has 2 aromatic carbocycles. The second kappa shape index (κ2) is 13.7. The Hall–Kier alpha value is -5.62. The van der Waals surface area contributed by atoms with E-state index < -0.39 is 47.8 Å². The summed E-state index contributed by atoms with van der Waals surface area (Å²) in [5.74, 6) is 1.64. The monoisotopic (exact) mass is 752 g/mol. The lowest BCUT2D eigenvalue weighted by Crippen LogP contribution is -2.53. The molecular formula is C36H34F6N10O2. The number of aromatic nitrogens is 6. The first-order chi connectivity index (χ1) is 25.8. The first kappa shape index (κ1) is 35.4. The van der Waals surface area contributed by atoms with Gasteiger partial charge in [-0.3, -0.25) is 0 Å². The predicted molar refractivity (Wildman–Crippen MR) is 188 cm³/mol. The maximum atomic E-state index is 13.0. The van der Waals surface area contributed by atoms with Crippen LogP contribution in [-0.2, 0) is 12.4 Å². The van der Waals surface area contributed by atoms with Crippen molar-refractivity contribution < 1.29 is 36.6 Å². The molecule has 0 radical (unpaired) electrons. The molecule has 2 aliphatic heterocycles. The number of hydrogen-bond acceptors (Lipinski definition) is 10. The van der Waals surface area contributed by atoms with Crippen molar-refractivity contribution in [1.82, 2.24) is 29.2 Å². The maximum Gasteiger partial charge on any atom is 0.416 e. The highest BCUT2D eigenvalue weighted by Gasteiger charge is 2.42. The molecule has 4 unspecified atom stereocenters. The van der Waals surface area contributed by atoms with Gasteiger partial charge in [0.15, 0.2) is 11.3 Å². The Morgan fingerprint density at radius 3 is 1.33 bits per heavy atom. The van der Waals surface area contributed by atoms with Crippen molar-refractivity contribution >= 4 is 46.2 Å². The Labute approximate surface area is 303 Å². The number of aliphatic hydroxyl groups is 2. The molecule has 4 atom stereocenters. The summed E-state index contributed by atoms with van der Waals surface area (Å²) in [5, 5.41) is 38.7. The molecule has 4 N–H and O–H groups in total. The number of nitrogens with zero attached hydrogens (tertiary/aromatic N) is 8. The van der Waals surface area contributed by atoms with Crippen molar-refractivity contribution in [3.63, 3.8) is 0 Å². The third-order valence-corrected chi connectivity index (χ3v) is 9.94. The number of benzene rings is 2. The number of rotatable bonds is 9. The van der Waals surface area contributed by atoms with Crippen molar-refractivity contribution in [3.05, 3.63) is 96.1 Å². The summed E-state index contributed by atoms with van der Waals surface area (Å²) < 4.78 is 81.4. The molecule has 12 nitrogen and oxygen atoms in total. The fraction of sp³-hybridized carbons (Fsp3) is 0.333. The van der Waals surface area contributed by atoms with Crippen LogP contribution in [0.25, 0.3) is 11.3 Å². The third-order valence-electron chi connectivity index (χ3n) is 9.94. The van der Waals surface area contributed by atoms with Crippen LogP contribution in [-0.4, -0.2) is 76.8 Å². The van der Waals surface area contributed by atoms with Gasteiger partial charge in [0, 0.05) is 24.5 Å². The molecule has 18 heteroatoms. The van der Waals surface area contributed by atoms with Crippen LogP contribution in [0.5, 0.6) is 0 Å². The first-order valence-electron chi connectivity index (χ1n) is 17.3. The van der Waals surface area contributed by atoms with Crippen LogP contribution in [0, 0.1) is 0 Å². The van der Waals surface area contributed by atoms with Crippen LogP contribution in [0.3, 0.4) is 0 Å². The Morgan fingerprint density at radius 1 is 0.574 bits per heavy atom. The zero-order valence-corrected chi connectivity index (χ0v) is 28.4. The largest absolute Gasteiger partial charge is 0.416 e. The molecule has 0 saturated carbocycles. The Kier molecular flexibility index (Phi) is 8.96. The zero-order chi connectivity index (χ0) is 37.8. The molecular weight excluding hydrogens is 718 g/mol. The van der Waals surface area contributed by atoms with Crippen LogP contribution in [0.15, 0.2) is 84.9 Å². The van der Waals surface area contributed by atoms with Crippen LogP contribution in [0.2, 0.25) is 0 Å². The summed E-state index contributed by atoms with van der Waals surface area (Å²) >= 11 is 0. The Morgan fingerprint density at radius 2 is 0.963 bits per heavy atom. The second-order valence-corrected chi connectivity index (χ2v) is 13.4. The Bertz CT molecular complexity index is 2100. The van der Waals surface area contributed by atoms with Gasteiger partial charge in [-0.25, -0.2) is 0 Å². The minimum absolute atomic E-state index is 0.181. The van der Waals surface area contributed by atoms with Gasteiger partial charge < -0.3 is 30.6 Å². The highest BCUT2D eigenvalue weighted by molar-refractivity contribution is 5.61. The number of halogens is 6. The van der Waals surface area contributed by atoms with Gasteiger partial charge in [0.25, 0.3) is 0 Å². The first-order valence-corrected chi connectivity index (χ1v) is 17.3. The van der Waals surface area contributed by atoms with E-state index in [2.05, 4.69) is 30.8 Å². The van der Waals surface area contributed by atoms with Crippen LogP contribution >= 0.6 is 0 Å². The van der Waals surface area contributed by atoms with E-state index in [4.69, 9.17) is 0 Å². The molecule has 6 heterocycles. The van der Waals surface area contributed by atoms with E-state index >= 15 is 0 Å². The van der Waals surface area contributed by atoms with Crippen LogP contribution in [0.4, 0.5) is 61.2 Å². The van der Waals surface area contributed by atoms with Crippen LogP contribution in [0.1, 0.15) is 36.8 Å². The van der Waals surface area contributed by atoms with Gasteiger partial charge in [-0.05, 0) is 98.5 Å². The fourth-order valence-corrected chi connectivity index (χ4v) is 7.39. The van der Waals surface area contributed by atoms with Crippen LogP contribution < -0.4 is 20.4 Å². The van der Waals surface area contributed by atoms with E-state index in [0.29, 0.717) is 60.2 Å². The average molecular weight is 753 g/mol. The predicted octanol–water partition coefficient (Wildman–Crippen LogP) is 6.66. The third kappa shape index (κ3) is 6.82. The van der Waals surface area contributed by atoms with Gasteiger partial charge in [-0.1, -0.05) is 12.1 Å². The lowest BCUT2D eigenvalue weighted by atomic mass is 9.96. The summed E-state index contributed by atoms with van der Waals surface area (Å²) in [7, 11) is 0. The normalized spacial score (nSPS) is 19.2. The number of anilines is 6. The number of fused-ring (bicyclic) bond motifs is 2. The maximum absolute atomic E-state index is 13.0. The lowest BCUT2D eigenvalue weighted by molar-refractivity contribution is -0.138. The van der Waals surface area contributed by atoms with Crippen molar-refractivity contribution in [3.8, 4) is 0 Å². The summed E-state index contributed by atoms with van der Waals surface area (Å²) in [6.07, 6.45) is -8.53. The van der Waals surface area contributed by atoms with Crippen molar-refractivity contribution in [1.29, 1.82) is 0 Å². The van der Waals surface area contributed by atoms with E-state index in [1.807, 2.05) is 21.9 Å². The minimum atomic E-state index is -4.45. The summed E-state index contributed by atoms with van der Waals surface area (Å²) in [4.78, 5) is 13.0. The van der Waals surface area contributed by atoms with E-state index in [9.17, 15) is 36.6 Å². The standard InChI is InChI=1S/C36H34F6N10O2/c37-35(38,39)21-11-15-23(16-12-21)43-33-45-27-7-1-9-29(51(27)47-33)49-19-3-5-25(49)31(53)32(54)26-6-4-20-50(26)30-10-2-8-28-46-34(48-52(28)30)44-24-17-13-22(14-18-24)36(40,41)42/h1-2,7-18,25-26,31-32,53-54H,3-6,19-20H2,(H,43,47)(H,44,48). The van der Waals surface area contributed by atoms with Gasteiger partial charge in [0.2, 0.25) is 11.9 Å². The molecule has 2 aliphatic rings. The van der Waals surface area contributed by atoms with Crippen molar-refractivity contribution in [2.45, 2.75) is 62.3 Å². The van der Waals surface area contributed by atoms with Crippen molar-refractivity contribution in [2.24, 2.45) is 0 Å². The summed E-state index contributed by atoms with van der Waals surface area (Å²) in [6.45, 7) is 1.16. The SMILES string of the molecule is OC(C(O)C1CCCN1c1cccc2nc(Nc3ccc(C(F)(F)F)cc3)nn12)C1CCCN1c1cccc2nc(Nc3ccc(C(F)(F)F)cc3)nn12. The molecule has 0 spiro atoms. The zero-order valence-electron chi connectivity index (χ0n) is 28.4. The van der Waals surface area contributed by atoms with E-state index in [0.717, 1.165) is 37.1 Å². The fourth-order valence-electron chi connectivity index (χ4n) is 7.39. The van der Waals surface area contributed by atoms with Crippen molar-refractivity contribution in [2.75, 3.05) is 33.5 Å². The van der Waals surface area contributed by atoms with E-state index in [-0.39, 0.29) is 11.9 Å². The second-order valence-electron chi connectivity index (χ2n) is 13.4. The molecule has 6 aromatic rings. The summed E-state index contributed by atoms with van der Waals surface area (Å²) in [6, 6.07) is 19.0. The molecule has 4 aromatic heterocycles. The lowest BCUT2D eigenvalue weighted by Gasteiger charge is -2.37. The number of nitrogens with one attached hydrogen (secondary N) is 2. The highest BCUT2D eigenvalue weighted by atomic mass is 19.4. The van der Waals surface area contributed by atoms with Gasteiger partial charge in [0.1, 0.15) is 23.8 Å². The molecule has 282 valence electrons. The number of aliphatic hydroxyl groups excluding tert-OH is 2. The van der Waals surface area contributed by atoms with Gasteiger partial charge >= 0.3 is 12.4 Å². The highest BCUT2D eigenvalue weighted by Crippen LogP contribution is 2.35. The molecule has 0 aliphatic carbocycles.